The molecule has 1 atom stereocenters. The molecule has 1 aliphatic rings. The quantitative estimate of drug-likeness (QED) is 0.546. The zero-order valence-electron chi connectivity index (χ0n) is 13.3. The Hall–Kier alpha value is 0. The average molecular weight is 238 g/mol. The topological polar surface area (TPSA) is 0 Å². The molecule has 1 aliphatic carbocycles. The molecule has 0 N–H and O–H groups in total. The number of hydrogen-bond acceptors (Lipinski definition) is 0. The summed E-state index contributed by atoms with van der Waals surface area (Å²) in [5.74, 6) is 0.833. The van der Waals surface area contributed by atoms with E-state index in [2.05, 4.69) is 48.5 Å². The van der Waals surface area contributed by atoms with Crippen LogP contribution in [0.2, 0.25) is 0 Å². The molecule has 0 heterocycles. The van der Waals surface area contributed by atoms with E-state index < -0.39 is 0 Å². The standard InChI is InChI=1S/C17H34/c1-8-15(4,5)13-17(12-14(2)3)11-9-10-16(17,6)7/h14H,8-13H2,1-7H3. The smallest absolute Gasteiger partial charge is 0.0239 e. The summed E-state index contributed by atoms with van der Waals surface area (Å²) in [5, 5.41) is 0. The molecule has 1 unspecified atom stereocenters. The van der Waals surface area contributed by atoms with Gasteiger partial charge < -0.3 is 0 Å². The highest BCUT2D eigenvalue weighted by atomic mass is 14.5. The van der Waals surface area contributed by atoms with Crippen molar-refractivity contribution in [2.75, 3.05) is 0 Å². The summed E-state index contributed by atoms with van der Waals surface area (Å²) in [4.78, 5) is 0. The third kappa shape index (κ3) is 3.26. The van der Waals surface area contributed by atoms with Crippen LogP contribution in [0.4, 0.5) is 0 Å². The Kier molecular flexibility index (Phi) is 4.37. The molecule has 1 fully saturated rings. The minimum absolute atomic E-state index is 0.510. The van der Waals surface area contributed by atoms with Crippen LogP contribution < -0.4 is 0 Å². The van der Waals surface area contributed by atoms with Crippen molar-refractivity contribution in [3.05, 3.63) is 0 Å². The van der Waals surface area contributed by atoms with Crippen molar-refractivity contribution in [1.82, 2.24) is 0 Å². The van der Waals surface area contributed by atoms with Gasteiger partial charge in [0.1, 0.15) is 0 Å². The highest BCUT2D eigenvalue weighted by molar-refractivity contribution is 5.00. The first kappa shape index (κ1) is 15.1. The predicted molar refractivity (Wildman–Crippen MR) is 78.2 cm³/mol. The predicted octanol–water partition coefficient (Wildman–Crippen LogP) is 6.06. The first-order valence-electron chi connectivity index (χ1n) is 7.64. The second kappa shape index (κ2) is 4.94. The first-order valence-corrected chi connectivity index (χ1v) is 7.64. The third-order valence-corrected chi connectivity index (χ3v) is 5.47. The lowest BCUT2D eigenvalue weighted by Gasteiger charge is -2.47. The van der Waals surface area contributed by atoms with Crippen LogP contribution in [0.25, 0.3) is 0 Å². The van der Waals surface area contributed by atoms with Gasteiger partial charge in [-0.1, -0.05) is 61.3 Å². The Morgan fingerprint density at radius 2 is 1.71 bits per heavy atom. The maximum Gasteiger partial charge on any atom is -0.0239 e. The number of rotatable bonds is 5. The maximum atomic E-state index is 2.52. The van der Waals surface area contributed by atoms with Crippen molar-refractivity contribution < 1.29 is 0 Å². The largest absolute Gasteiger partial charge is 0.0649 e. The van der Waals surface area contributed by atoms with Gasteiger partial charge >= 0.3 is 0 Å². The average Bonchev–Trinajstić information content (AvgIpc) is 2.40. The summed E-state index contributed by atoms with van der Waals surface area (Å²) in [6.07, 6.45) is 8.48. The van der Waals surface area contributed by atoms with E-state index in [0.29, 0.717) is 16.2 Å². The second-order valence-corrected chi connectivity index (χ2v) is 8.31. The minimum Gasteiger partial charge on any atom is -0.0649 e. The molecule has 1 rings (SSSR count). The summed E-state index contributed by atoms with van der Waals surface area (Å²) < 4.78 is 0. The summed E-state index contributed by atoms with van der Waals surface area (Å²) in [6.45, 7) is 17.1. The van der Waals surface area contributed by atoms with Crippen LogP contribution in [0.5, 0.6) is 0 Å². The Balaban J connectivity index is 2.95. The highest BCUT2D eigenvalue weighted by Crippen LogP contribution is 2.60. The molecule has 0 nitrogen and oxygen atoms in total. The molecule has 102 valence electrons. The molecular weight excluding hydrogens is 204 g/mol. The fourth-order valence-corrected chi connectivity index (χ4v) is 4.07. The van der Waals surface area contributed by atoms with Crippen LogP contribution in [0.1, 0.15) is 87.0 Å². The third-order valence-electron chi connectivity index (χ3n) is 5.47. The van der Waals surface area contributed by atoms with Crippen molar-refractivity contribution >= 4 is 0 Å². The van der Waals surface area contributed by atoms with Gasteiger partial charge in [-0.2, -0.15) is 0 Å². The lowest BCUT2D eigenvalue weighted by Crippen LogP contribution is -2.38. The molecule has 1 saturated carbocycles. The van der Waals surface area contributed by atoms with Crippen molar-refractivity contribution in [2.24, 2.45) is 22.2 Å². The van der Waals surface area contributed by atoms with E-state index >= 15 is 0 Å². The molecule has 0 spiro atoms. The normalized spacial score (nSPS) is 28.9. The SMILES string of the molecule is CCC(C)(C)CC1(CC(C)C)CCCC1(C)C. The zero-order chi connectivity index (χ0) is 13.3. The molecule has 0 heteroatoms. The van der Waals surface area contributed by atoms with Gasteiger partial charge in [-0.3, -0.25) is 0 Å². The van der Waals surface area contributed by atoms with E-state index in [4.69, 9.17) is 0 Å². The Labute approximate surface area is 110 Å². The van der Waals surface area contributed by atoms with Crippen molar-refractivity contribution in [3.8, 4) is 0 Å². The van der Waals surface area contributed by atoms with Gasteiger partial charge in [0.25, 0.3) is 0 Å². The van der Waals surface area contributed by atoms with Crippen molar-refractivity contribution in [1.29, 1.82) is 0 Å². The van der Waals surface area contributed by atoms with Gasteiger partial charge in [-0.25, -0.2) is 0 Å². The van der Waals surface area contributed by atoms with Gasteiger partial charge in [0.2, 0.25) is 0 Å². The van der Waals surface area contributed by atoms with Crippen LogP contribution >= 0.6 is 0 Å². The van der Waals surface area contributed by atoms with Gasteiger partial charge in [0.15, 0.2) is 0 Å². The Bertz CT molecular complexity index is 247. The van der Waals surface area contributed by atoms with Gasteiger partial charge in [0.05, 0.1) is 0 Å². The highest BCUT2D eigenvalue weighted by Gasteiger charge is 2.50. The molecule has 0 amide bonds. The molecule has 0 bridgehead atoms. The van der Waals surface area contributed by atoms with E-state index in [9.17, 15) is 0 Å². The summed E-state index contributed by atoms with van der Waals surface area (Å²) in [6, 6.07) is 0. The molecule has 0 aromatic carbocycles. The fourth-order valence-electron chi connectivity index (χ4n) is 4.07. The maximum absolute atomic E-state index is 2.52. The molecule has 0 saturated heterocycles. The Morgan fingerprint density at radius 3 is 2.06 bits per heavy atom. The molecule has 17 heavy (non-hydrogen) atoms. The van der Waals surface area contributed by atoms with Gasteiger partial charge in [-0.15, -0.1) is 0 Å². The molecule has 0 radical (unpaired) electrons. The number of hydrogen-bond donors (Lipinski definition) is 0. The molecule has 0 aromatic rings. The molecule has 0 aliphatic heterocycles. The lowest BCUT2D eigenvalue weighted by atomic mass is 9.57. The van der Waals surface area contributed by atoms with Gasteiger partial charge in [-0.05, 0) is 47.8 Å². The van der Waals surface area contributed by atoms with Crippen molar-refractivity contribution in [3.63, 3.8) is 0 Å². The first-order chi connectivity index (χ1) is 7.64. The monoisotopic (exact) mass is 238 g/mol. The lowest BCUT2D eigenvalue weighted by molar-refractivity contribution is 0.0252. The van der Waals surface area contributed by atoms with E-state index in [1.165, 1.54) is 38.5 Å². The van der Waals surface area contributed by atoms with E-state index in [-0.39, 0.29) is 0 Å². The van der Waals surface area contributed by atoms with Gasteiger partial charge in [0, 0.05) is 0 Å². The van der Waals surface area contributed by atoms with Crippen LogP contribution in [0.3, 0.4) is 0 Å². The van der Waals surface area contributed by atoms with Crippen LogP contribution in [-0.2, 0) is 0 Å². The molecular formula is C17H34. The summed E-state index contributed by atoms with van der Waals surface area (Å²) in [5.41, 5.74) is 1.65. The van der Waals surface area contributed by atoms with Crippen molar-refractivity contribution in [2.45, 2.75) is 87.0 Å². The van der Waals surface area contributed by atoms with E-state index in [1.807, 2.05) is 0 Å². The fraction of sp³-hybridized carbons (Fsp3) is 1.00. The van der Waals surface area contributed by atoms with E-state index in [1.54, 1.807) is 0 Å². The zero-order valence-corrected chi connectivity index (χ0v) is 13.3. The van der Waals surface area contributed by atoms with E-state index in [0.717, 1.165) is 5.92 Å². The Morgan fingerprint density at radius 1 is 1.12 bits per heavy atom. The summed E-state index contributed by atoms with van der Waals surface area (Å²) in [7, 11) is 0. The summed E-state index contributed by atoms with van der Waals surface area (Å²) >= 11 is 0. The van der Waals surface area contributed by atoms with Crippen LogP contribution in [0, 0.1) is 22.2 Å². The second-order valence-electron chi connectivity index (χ2n) is 8.31. The van der Waals surface area contributed by atoms with Crippen LogP contribution in [-0.4, -0.2) is 0 Å². The molecule has 0 aromatic heterocycles. The minimum atomic E-state index is 0.510. The van der Waals surface area contributed by atoms with Crippen LogP contribution in [0.15, 0.2) is 0 Å².